The molecule has 1 N–H and O–H groups in total. The van der Waals surface area contributed by atoms with E-state index in [1.54, 1.807) is 10.6 Å². The minimum Gasteiger partial charge on any atom is -0.457 e. The highest BCUT2D eigenvalue weighted by atomic mass is 16.7. The number of carbonyl (C=O) groups is 2. The zero-order valence-corrected chi connectivity index (χ0v) is 20.9. The van der Waals surface area contributed by atoms with Gasteiger partial charge in [0.1, 0.15) is 6.61 Å². The number of allylic oxidation sites excluding steroid dienone is 1. The van der Waals surface area contributed by atoms with Crippen LogP contribution in [0.25, 0.3) is 10.9 Å². The predicted octanol–water partition coefficient (Wildman–Crippen LogP) is 3.42. The maximum absolute atomic E-state index is 12.7. The number of rotatable bonds is 14. The lowest BCUT2D eigenvalue weighted by molar-refractivity contribution is -0.176. The second kappa shape index (κ2) is 13.9. The molecule has 0 saturated carbocycles. The first-order chi connectivity index (χ1) is 17.5. The van der Waals surface area contributed by atoms with E-state index in [0.29, 0.717) is 32.8 Å². The van der Waals surface area contributed by atoms with Gasteiger partial charge in [0.05, 0.1) is 31.9 Å². The monoisotopic (exact) mass is 501 g/mol. The number of aliphatic hydroxyl groups excluding tert-OH is 1. The molecule has 2 heterocycles. The van der Waals surface area contributed by atoms with Gasteiger partial charge in [-0.15, -0.1) is 0 Å². The maximum atomic E-state index is 12.7. The lowest BCUT2D eigenvalue weighted by Crippen LogP contribution is -2.37. The quantitative estimate of drug-likeness (QED) is 0.239. The van der Waals surface area contributed by atoms with Crippen LogP contribution in [0.3, 0.4) is 0 Å². The van der Waals surface area contributed by atoms with Crippen molar-refractivity contribution in [3.8, 4) is 0 Å². The molecule has 2 aromatic rings. The van der Waals surface area contributed by atoms with E-state index >= 15 is 0 Å². The van der Waals surface area contributed by atoms with Gasteiger partial charge in [0, 0.05) is 43.6 Å². The fourth-order valence-corrected chi connectivity index (χ4v) is 4.33. The van der Waals surface area contributed by atoms with Gasteiger partial charge >= 0.3 is 5.97 Å². The number of aromatic nitrogens is 1. The molecule has 0 fully saturated rings. The van der Waals surface area contributed by atoms with Crippen molar-refractivity contribution in [1.29, 1.82) is 0 Å². The summed E-state index contributed by atoms with van der Waals surface area (Å²) in [5, 5.41) is 9.73. The number of ether oxygens (including phenoxy) is 5. The van der Waals surface area contributed by atoms with Crippen LogP contribution in [0, 0.1) is 5.92 Å². The molecule has 0 saturated heterocycles. The Bertz CT molecular complexity index is 1060. The van der Waals surface area contributed by atoms with Crippen molar-refractivity contribution >= 4 is 22.8 Å². The van der Waals surface area contributed by atoms with Crippen molar-refractivity contribution in [2.45, 2.75) is 32.5 Å². The molecule has 1 aromatic carbocycles. The standard InChI is InChI=1S/C27H35NO8/c1-4-12-35-26(31)25-17-22(23-18-28(19(3)30)24-9-7-6-8-20(23)24)21(27(36-25)34-5-2)10-13-32-15-16-33-14-11-29/h4,6-9,17-18,21-22,27,29H,1,5,10-16H2,2-3H3/t21-,22+,27-/m1/s1. The molecule has 36 heavy (non-hydrogen) atoms. The predicted molar refractivity (Wildman–Crippen MR) is 134 cm³/mol. The van der Waals surface area contributed by atoms with Gasteiger partial charge in [-0.05, 0) is 31.1 Å². The van der Waals surface area contributed by atoms with Gasteiger partial charge in [0.25, 0.3) is 0 Å². The zero-order chi connectivity index (χ0) is 25.9. The Morgan fingerprint density at radius 1 is 1.17 bits per heavy atom. The average Bonchev–Trinajstić information content (AvgIpc) is 3.27. The number of aliphatic hydroxyl groups is 1. The molecule has 0 radical (unpaired) electrons. The van der Waals surface area contributed by atoms with Crippen LogP contribution in [0.1, 0.15) is 36.5 Å². The third-order valence-electron chi connectivity index (χ3n) is 5.89. The minimum absolute atomic E-state index is 0.0328. The highest BCUT2D eigenvalue weighted by molar-refractivity contribution is 5.94. The first kappa shape index (κ1) is 27.6. The third-order valence-corrected chi connectivity index (χ3v) is 5.89. The summed E-state index contributed by atoms with van der Waals surface area (Å²) in [6.45, 7) is 8.81. The topological polar surface area (TPSA) is 105 Å². The molecule has 196 valence electrons. The highest BCUT2D eigenvalue weighted by Crippen LogP contribution is 2.42. The molecule has 0 bridgehead atoms. The Morgan fingerprint density at radius 2 is 1.92 bits per heavy atom. The lowest BCUT2D eigenvalue weighted by Gasteiger charge is -2.36. The molecule has 1 aliphatic heterocycles. The van der Waals surface area contributed by atoms with Crippen molar-refractivity contribution in [3.05, 3.63) is 60.5 Å². The van der Waals surface area contributed by atoms with E-state index in [-0.39, 0.29) is 43.3 Å². The number of para-hydroxylation sites is 1. The van der Waals surface area contributed by atoms with Crippen LogP contribution in [0.5, 0.6) is 0 Å². The van der Waals surface area contributed by atoms with E-state index in [9.17, 15) is 9.59 Å². The second-order valence-electron chi connectivity index (χ2n) is 8.28. The van der Waals surface area contributed by atoms with Crippen LogP contribution in [0.15, 0.2) is 55.0 Å². The first-order valence-corrected chi connectivity index (χ1v) is 12.2. The number of benzene rings is 1. The summed E-state index contributed by atoms with van der Waals surface area (Å²) in [5.41, 5.74) is 1.68. The average molecular weight is 502 g/mol. The van der Waals surface area contributed by atoms with Crippen LogP contribution >= 0.6 is 0 Å². The Balaban J connectivity index is 1.95. The molecule has 0 spiro atoms. The molecule has 0 aliphatic carbocycles. The van der Waals surface area contributed by atoms with Crippen LogP contribution in [0.4, 0.5) is 0 Å². The molecule has 3 atom stereocenters. The van der Waals surface area contributed by atoms with Crippen LogP contribution in [-0.4, -0.2) is 74.1 Å². The molecular formula is C27H35NO8. The fraction of sp³-hybridized carbons (Fsp3) is 0.481. The number of carbonyl (C=O) groups excluding carboxylic acids is 2. The first-order valence-electron chi connectivity index (χ1n) is 12.2. The summed E-state index contributed by atoms with van der Waals surface area (Å²) in [6, 6.07) is 7.66. The smallest absolute Gasteiger partial charge is 0.373 e. The Labute approximate surface area is 211 Å². The molecule has 1 aromatic heterocycles. The van der Waals surface area contributed by atoms with Gasteiger partial charge in [-0.2, -0.15) is 0 Å². The fourth-order valence-electron chi connectivity index (χ4n) is 4.33. The Hall–Kier alpha value is -2.98. The Morgan fingerprint density at radius 3 is 2.61 bits per heavy atom. The SMILES string of the molecule is C=CCOC(=O)C1=C[C@H](c2cn(C(C)=O)c3ccccc23)[C@@H](CCOCCOCCO)[C@H](OCC)O1. The normalized spacial score (nSPS) is 19.5. The molecule has 9 heteroatoms. The number of fused-ring (bicyclic) bond motifs is 1. The van der Waals surface area contributed by atoms with Crippen LogP contribution in [-0.2, 0) is 28.5 Å². The summed E-state index contributed by atoms with van der Waals surface area (Å²) in [6.07, 6.45) is 4.92. The van der Waals surface area contributed by atoms with Crippen LogP contribution in [0.2, 0.25) is 0 Å². The summed E-state index contributed by atoms with van der Waals surface area (Å²) in [7, 11) is 0. The summed E-state index contributed by atoms with van der Waals surface area (Å²) < 4.78 is 29.8. The number of hydrogen-bond acceptors (Lipinski definition) is 8. The largest absolute Gasteiger partial charge is 0.457 e. The van der Waals surface area contributed by atoms with Gasteiger partial charge in [0.2, 0.25) is 18.0 Å². The van der Waals surface area contributed by atoms with Crippen molar-refractivity contribution in [2.24, 2.45) is 5.92 Å². The van der Waals surface area contributed by atoms with E-state index in [1.165, 1.54) is 13.0 Å². The molecule has 9 nitrogen and oxygen atoms in total. The zero-order valence-electron chi connectivity index (χ0n) is 20.9. The van der Waals surface area contributed by atoms with Gasteiger partial charge < -0.3 is 28.8 Å². The minimum atomic E-state index is -0.718. The molecule has 1 aliphatic rings. The summed E-state index contributed by atoms with van der Waals surface area (Å²) in [4.78, 5) is 25.1. The maximum Gasteiger partial charge on any atom is 0.373 e. The van der Waals surface area contributed by atoms with Gasteiger partial charge in [-0.1, -0.05) is 30.9 Å². The van der Waals surface area contributed by atoms with Crippen LogP contribution < -0.4 is 0 Å². The highest BCUT2D eigenvalue weighted by Gasteiger charge is 2.39. The lowest BCUT2D eigenvalue weighted by atomic mass is 9.81. The number of nitrogens with zero attached hydrogens (tertiary/aromatic N) is 1. The van der Waals surface area contributed by atoms with E-state index in [2.05, 4.69) is 6.58 Å². The van der Waals surface area contributed by atoms with E-state index in [0.717, 1.165) is 16.5 Å². The molecule has 3 rings (SSSR count). The number of esters is 1. The number of hydrogen-bond donors (Lipinski definition) is 1. The van der Waals surface area contributed by atoms with Gasteiger partial charge in [-0.3, -0.25) is 9.36 Å². The van der Waals surface area contributed by atoms with Gasteiger partial charge in [-0.25, -0.2) is 4.79 Å². The Kier molecular flexibility index (Phi) is 10.7. The van der Waals surface area contributed by atoms with Gasteiger partial charge in [0.15, 0.2) is 0 Å². The molecule has 0 unspecified atom stereocenters. The molecule has 0 amide bonds. The van der Waals surface area contributed by atoms with E-state index in [1.807, 2.05) is 37.4 Å². The van der Waals surface area contributed by atoms with E-state index < -0.39 is 12.3 Å². The second-order valence-corrected chi connectivity index (χ2v) is 8.28. The summed E-state index contributed by atoms with van der Waals surface area (Å²) in [5.74, 6) is -1.15. The third kappa shape index (κ3) is 6.82. The van der Waals surface area contributed by atoms with Crippen molar-refractivity contribution < 1.29 is 38.4 Å². The van der Waals surface area contributed by atoms with Crippen molar-refractivity contribution in [1.82, 2.24) is 4.57 Å². The van der Waals surface area contributed by atoms with Crippen molar-refractivity contribution in [3.63, 3.8) is 0 Å². The van der Waals surface area contributed by atoms with Crippen molar-refractivity contribution in [2.75, 3.05) is 46.2 Å². The molecular weight excluding hydrogens is 466 g/mol. The summed E-state index contributed by atoms with van der Waals surface area (Å²) >= 11 is 0. The van der Waals surface area contributed by atoms with E-state index in [4.69, 9.17) is 28.8 Å².